The molecule has 0 amide bonds. The standard InChI is InChI=1S/C8H8ClN5/c1-14-4-5(7(9)13-14)8-11-3-2-6(10)12-8/h2-4H,1H3,(H2,10,11,12). The van der Waals surface area contributed by atoms with Gasteiger partial charge in [-0.25, -0.2) is 9.97 Å². The summed E-state index contributed by atoms with van der Waals surface area (Å²) in [5.74, 6) is 0.901. The Morgan fingerprint density at radius 2 is 2.29 bits per heavy atom. The summed E-state index contributed by atoms with van der Waals surface area (Å²) in [6.45, 7) is 0. The topological polar surface area (TPSA) is 69.6 Å². The van der Waals surface area contributed by atoms with Gasteiger partial charge in [0.05, 0.1) is 5.56 Å². The number of hydrogen-bond donors (Lipinski definition) is 1. The van der Waals surface area contributed by atoms with Crippen LogP contribution in [0, 0.1) is 0 Å². The van der Waals surface area contributed by atoms with E-state index in [-0.39, 0.29) is 0 Å². The van der Waals surface area contributed by atoms with E-state index in [1.807, 2.05) is 0 Å². The molecule has 0 radical (unpaired) electrons. The van der Waals surface area contributed by atoms with E-state index in [0.717, 1.165) is 0 Å². The molecule has 2 rings (SSSR count). The van der Waals surface area contributed by atoms with Crippen molar-refractivity contribution in [2.24, 2.45) is 7.05 Å². The quantitative estimate of drug-likeness (QED) is 0.764. The van der Waals surface area contributed by atoms with Gasteiger partial charge in [-0.2, -0.15) is 5.10 Å². The third-order valence-electron chi connectivity index (χ3n) is 1.70. The molecule has 14 heavy (non-hydrogen) atoms. The van der Waals surface area contributed by atoms with Crippen molar-refractivity contribution in [3.63, 3.8) is 0 Å². The fourth-order valence-corrected chi connectivity index (χ4v) is 1.37. The van der Waals surface area contributed by atoms with Crippen LogP contribution in [0.4, 0.5) is 5.82 Å². The van der Waals surface area contributed by atoms with Crippen molar-refractivity contribution in [3.8, 4) is 11.4 Å². The number of nitrogens with two attached hydrogens (primary N) is 1. The molecule has 0 unspecified atom stereocenters. The number of halogens is 1. The SMILES string of the molecule is Cn1cc(-c2nccc(N)n2)c(Cl)n1. The average Bonchev–Trinajstić information content (AvgIpc) is 2.45. The van der Waals surface area contributed by atoms with Gasteiger partial charge in [0.25, 0.3) is 0 Å². The van der Waals surface area contributed by atoms with Crippen LogP contribution < -0.4 is 5.73 Å². The number of anilines is 1. The molecule has 0 saturated carbocycles. The maximum Gasteiger partial charge on any atom is 0.166 e. The average molecular weight is 210 g/mol. The molecular weight excluding hydrogens is 202 g/mol. The molecule has 2 N–H and O–H groups in total. The van der Waals surface area contributed by atoms with Crippen molar-refractivity contribution >= 4 is 17.4 Å². The van der Waals surface area contributed by atoms with Gasteiger partial charge in [0.15, 0.2) is 11.0 Å². The molecule has 2 aromatic heterocycles. The molecule has 0 bridgehead atoms. The molecule has 0 aromatic carbocycles. The first-order valence-corrected chi connectivity index (χ1v) is 4.32. The Hall–Kier alpha value is -1.62. The second kappa shape index (κ2) is 3.26. The molecule has 5 nitrogen and oxygen atoms in total. The fraction of sp³-hybridized carbons (Fsp3) is 0.125. The monoisotopic (exact) mass is 209 g/mol. The van der Waals surface area contributed by atoms with Crippen LogP contribution in [0.5, 0.6) is 0 Å². The summed E-state index contributed by atoms with van der Waals surface area (Å²) in [4.78, 5) is 8.10. The molecular formula is C8H8ClN5. The summed E-state index contributed by atoms with van der Waals surface area (Å²) in [5.41, 5.74) is 6.21. The number of aromatic nitrogens is 4. The van der Waals surface area contributed by atoms with Crippen molar-refractivity contribution in [1.29, 1.82) is 0 Å². The molecule has 6 heteroatoms. The Morgan fingerprint density at radius 1 is 1.50 bits per heavy atom. The van der Waals surface area contributed by atoms with E-state index < -0.39 is 0 Å². The Labute approximate surface area is 85.5 Å². The third kappa shape index (κ3) is 1.54. The van der Waals surface area contributed by atoms with Crippen molar-refractivity contribution < 1.29 is 0 Å². The maximum absolute atomic E-state index is 5.88. The van der Waals surface area contributed by atoms with E-state index in [1.54, 1.807) is 30.2 Å². The van der Waals surface area contributed by atoms with Crippen molar-refractivity contribution in [1.82, 2.24) is 19.7 Å². The highest BCUT2D eigenvalue weighted by atomic mass is 35.5. The minimum absolute atomic E-state index is 0.373. The molecule has 0 aliphatic carbocycles. The summed E-state index contributed by atoms with van der Waals surface area (Å²) < 4.78 is 1.60. The highest BCUT2D eigenvalue weighted by Crippen LogP contribution is 2.22. The Bertz CT molecular complexity index is 465. The molecule has 0 aliphatic rings. The first-order valence-electron chi connectivity index (χ1n) is 3.95. The predicted molar refractivity (Wildman–Crippen MR) is 53.7 cm³/mol. The first kappa shape index (κ1) is 8.96. The van der Waals surface area contributed by atoms with E-state index in [1.165, 1.54) is 0 Å². The fourth-order valence-electron chi connectivity index (χ4n) is 1.11. The zero-order valence-corrected chi connectivity index (χ0v) is 8.23. The van der Waals surface area contributed by atoms with Crippen molar-refractivity contribution in [2.75, 3.05) is 5.73 Å². The van der Waals surface area contributed by atoms with E-state index in [9.17, 15) is 0 Å². The van der Waals surface area contributed by atoms with Crippen molar-refractivity contribution in [2.45, 2.75) is 0 Å². The van der Waals surface area contributed by atoms with E-state index >= 15 is 0 Å². The zero-order valence-electron chi connectivity index (χ0n) is 7.48. The second-order valence-corrected chi connectivity index (χ2v) is 3.17. The number of rotatable bonds is 1. The molecule has 2 heterocycles. The van der Waals surface area contributed by atoms with Gasteiger partial charge in [-0.1, -0.05) is 11.6 Å². The lowest BCUT2D eigenvalue weighted by atomic mass is 10.3. The lowest BCUT2D eigenvalue weighted by molar-refractivity contribution is 0.768. The molecule has 0 aliphatic heterocycles. The number of aryl methyl sites for hydroxylation is 1. The normalized spacial score (nSPS) is 10.4. The summed E-state index contributed by atoms with van der Waals surface area (Å²) in [5, 5.41) is 4.35. The van der Waals surface area contributed by atoms with E-state index in [4.69, 9.17) is 17.3 Å². The second-order valence-electron chi connectivity index (χ2n) is 2.81. The largest absolute Gasteiger partial charge is 0.384 e. The molecule has 0 fully saturated rings. The molecule has 72 valence electrons. The number of nitrogen functional groups attached to an aromatic ring is 1. The van der Waals surface area contributed by atoms with Gasteiger partial charge in [-0.05, 0) is 6.07 Å². The third-order valence-corrected chi connectivity index (χ3v) is 1.98. The van der Waals surface area contributed by atoms with Gasteiger partial charge in [-0.3, -0.25) is 4.68 Å². The summed E-state index contributed by atoms with van der Waals surface area (Å²) in [6, 6.07) is 1.62. The van der Waals surface area contributed by atoms with Gasteiger partial charge in [0.1, 0.15) is 5.82 Å². The molecule has 2 aromatic rings. The van der Waals surface area contributed by atoms with Crippen LogP contribution in [0.25, 0.3) is 11.4 Å². The molecule has 0 atom stereocenters. The van der Waals surface area contributed by atoms with E-state index in [0.29, 0.717) is 22.4 Å². The molecule has 0 spiro atoms. The van der Waals surface area contributed by atoms with Gasteiger partial charge >= 0.3 is 0 Å². The van der Waals surface area contributed by atoms with Gasteiger partial charge in [-0.15, -0.1) is 0 Å². The highest BCUT2D eigenvalue weighted by Gasteiger charge is 2.10. The Morgan fingerprint density at radius 3 is 2.86 bits per heavy atom. The van der Waals surface area contributed by atoms with Crippen LogP contribution in [0.15, 0.2) is 18.5 Å². The lowest BCUT2D eigenvalue weighted by Gasteiger charge is -1.96. The maximum atomic E-state index is 5.88. The Balaban J connectivity index is 2.54. The van der Waals surface area contributed by atoms with Crippen LogP contribution in [-0.4, -0.2) is 19.7 Å². The van der Waals surface area contributed by atoms with Crippen LogP contribution >= 0.6 is 11.6 Å². The van der Waals surface area contributed by atoms with Gasteiger partial charge < -0.3 is 5.73 Å². The first-order chi connectivity index (χ1) is 6.66. The number of nitrogens with zero attached hydrogens (tertiary/aromatic N) is 4. The smallest absolute Gasteiger partial charge is 0.166 e. The lowest BCUT2D eigenvalue weighted by Crippen LogP contribution is -1.93. The summed E-state index contributed by atoms with van der Waals surface area (Å²) >= 11 is 5.88. The van der Waals surface area contributed by atoms with Crippen LogP contribution in [0.3, 0.4) is 0 Å². The van der Waals surface area contributed by atoms with Crippen molar-refractivity contribution in [3.05, 3.63) is 23.6 Å². The summed E-state index contributed by atoms with van der Waals surface area (Å²) in [7, 11) is 1.78. The van der Waals surface area contributed by atoms with E-state index in [2.05, 4.69) is 15.1 Å². The predicted octanol–water partition coefficient (Wildman–Crippen LogP) is 1.11. The summed E-state index contributed by atoms with van der Waals surface area (Å²) in [6.07, 6.45) is 3.33. The zero-order chi connectivity index (χ0) is 10.1. The van der Waals surface area contributed by atoms with Crippen LogP contribution in [0.1, 0.15) is 0 Å². The van der Waals surface area contributed by atoms with Gasteiger partial charge in [0.2, 0.25) is 0 Å². The highest BCUT2D eigenvalue weighted by molar-refractivity contribution is 6.31. The molecule has 0 saturated heterocycles. The Kier molecular flexibility index (Phi) is 2.09. The minimum atomic E-state index is 0.373. The van der Waals surface area contributed by atoms with Crippen LogP contribution in [-0.2, 0) is 7.05 Å². The number of hydrogen-bond acceptors (Lipinski definition) is 4. The van der Waals surface area contributed by atoms with Gasteiger partial charge in [0, 0.05) is 19.4 Å². The van der Waals surface area contributed by atoms with Crippen LogP contribution in [0.2, 0.25) is 5.15 Å². The minimum Gasteiger partial charge on any atom is -0.384 e.